The summed E-state index contributed by atoms with van der Waals surface area (Å²) in [6.07, 6.45) is 0.862. The van der Waals surface area contributed by atoms with E-state index in [2.05, 4.69) is 31.3 Å². The minimum Gasteiger partial charge on any atom is -0.340 e. The van der Waals surface area contributed by atoms with E-state index in [1.54, 1.807) is 6.07 Å². The van der Waals surface area contributed by atoms with Gasteiger partial charge in [-0.1, -0.05) is 87.3 Å². The first-order chi connectivity index (χ1) is 17.5. The van der Waals surface area contributed by atoms with Crippen LogP contribution < -0.4 is 5.32 Å². The van der Waals surface area contributed by atoms with E-state index >= 15 is 0 Å². The fourth-order valence-corrected chi connectivity index (χ4v) is 5.62. The molecule has 2 amide bonds. The maximum Gasteiger partial charge on any atom is 0.251 e. The lowest BCUT2D eigenvalue weighted by molar-refractivity contribution is -0.137. The van der Waals surface area contributed by atoms with Crippen molar-refractivity contribution in [2.75, 3.05) is 13.1 Å². The lowest BCUT2D eigenvalue weighted by atomic mass is 9.70. The van der Waals surface area contributed by atoms with Crippen LogP contribution in [0.1, 0.15) is 56.0 Å². The van der Waals surface area contributed by atoms with Crippen LogP contribution in [0.4, 0.5) is 0 Å². The summed E-state index contributed by atoms with van der Waals surface area (Å²) in [6, 6.07) is 22.3. The third kappa shape index (κ3) is 6.37. The molecule has 3 aromatic carbocycles. The molecule has 1 N–H and O–H groups in total. The Bertz CT molecular complexity index is 1270. The molecule has 0 aliphatic carbocycles. The van der Waals surface area contributed by atoms with Gasteiger partial charge in [0.15, 0.2) is 0 Å². The molecule has 0 saturated carbocycles. The predicted molar refractivity (Wildman–Crippen MR) is 152 cm³/mol. The minimum atomic E-state index is -0.606. The average molecular weight is 538 g/mol. The Morgan fingerprint density at radius 3 is 2.19 bits per heavy atom. The molecule has 37 heavy (non-hydrogen) atoms. The highest BCUT2D eigenvalue weighted by atomic mass is 35.5. The van der Waals surface area contributed by atoms with Crippen molar-refractivity contribution in [1.82, 2.24) is 10.2 Å². The number of likely N-dealkylation sites (tertiary alicyclic amines) is 1. The van der Waals surface area contributed by atoms with Gasteiger partial charge in [0.2, 0.25) is 5.91 Å². The van der Waals surface area contributed by atoms with Crippen molar-refractivity contribution in [3.63, 3.8) is 0 Å². The highest BCUT2D eigenvalue weighted by Crippen LogP contribution is 2.42. The summed E-state index contributed by atoms with van der Waals surface area (Å²) < 4.78 is 0. The van der Waals surface area contributed by atoms with Gasteiger partial charge in [-0.25, -0.2) is 0 Å². The second-order valence-corrected chi connectivity index (χ2v) is 11.8. The molecule has 0 bridgehead atoms. The maximum atomic E-state index is 13.7. The van der Waals surface area contributed by atoms with Crippen LogP contribution in [-0.4, -0.2) is 35.8 Å². The quantitative estimate of drug-likeness (QED) is 0.355. The van der Waals surface area contributed by atoms with Crippen LogP contribution >= 0.6 is 23.2 Å². The largest absolute Gasteiger partial charge is 0.340 e. The Balaban J connectivity index is 1.48. The summed E-state index contributed by atoms with van der Waals surface area (Å²) >= 11 is 12.2. The SMILES string of the molecule is CC(C)[C@@H](NC(=O)c1cccc(-c2cccc(Cl)c2)c1)C(=O)N1CC[C@H](c2ccc(Cl)cc2)C(C)(C)C1. The molecule has 1 aliphatic rings. The molecule has 1 heterocycles. The molecule has 1 saturated heterocycles. The van der Waals surface area contributed by atoms with E-state index in [1.807, 2.05) is 73.3 Å². The smallest absolute Gasteiger partial charge is 0.251 e. The number of carbonyl (C=O) groups is 2. The number of hydrogen-bond acceptors (Lipinski definition) is 2. The number of amides is 2. The van der Waals surface area contributed by atoms with Gasteiger partial charge in [-0.2, -0.15) is 0 Å². The first-order valence-electron chi connectivity index (χ1n) is 12.8. The average Bonchev–Trinajstić information content (AvgIpc) is 2.87. The summed E-state index contributed by atoms with van der Waals surface area (Å²) in [5, 5.41) is 4.39. The van der Waals surface area contributed by atoms with Crippen LogP contribution in [0.3, 0.4) is 0 Å². The molecule has 194 valence electrons. The van der Waals surface area contributed by atoms with E-state index < -0.39 is 6.04 Å². The van der Waals surface area contributed by atoms with Crippen molar-refractivity contribution in [1.29, 1.82) is 0 Å². The molecule has 4 rings (SSSR count). The van der Waals surface area contributed by atoms with Crippen molar-refractivity contribution in [2.24, 2.45) is 11.3 Å². The number of carbonyl (C=O) groups excluding carboxylic acids is 2. The first kappa shape index (κ1) is 27.2. The Labute approximate surface area is 230 Å². The van der Waals surface area contributed by atoms with E-state index in [-0.39, 0.29) is 23.1 Å². The zero-order valence-electron chi connectivity index (χ0n) is 21.8. The van der Waals surface area contributed by atoms with E-state index in [0.29, 0.717) is 29.6 Å². The van der Waals surface area contributed by atoms with Crippen molar-refractivity contribution in [3.8, 4) is 11.1 Å². The summed E-state index contributed by atoms with van der Waals surface area (Å²) in [4.78, 5) is 28.9. The van der Waals surface area contributed by atoms with E-state index in [0.717, 1.165) is 22.6 Å². The molecular formula is C31H34Cl2N2O2. The molecule has 0 aromatic heterocycles. The third-order valence-corrected chi connectivity index (χ3v) is 7.80. The summed E-state index contributed by atoms with van der Waals surface area (Å²) in [6.45, 7) is 9.63. The van der Waals surface area contributed by atoms with Crippen LogP contribution in [0.25, 0.3) is 11.1 Å². The molecule has 1 fully saturated rings. The monoisotopic (exact) mass is 536 g/mol. The number of benzene rings is 3. The second-order valence-electron chi connectivity index (χ2n) is 10.9. The van der Waals surface area contributed by atoms with Crippen LogP contribution in [-0.2, 0) is 4.79 Å². The lowest BCUT2D eigenvalue weighted by Crippen LogP contribution is -2.55. The van der Waals surface area contributed by atoms with Crippen LogP contribution in [0.2, 0.25) is 10.0 Å². The standard InChI is InChI=1S/C31H34Cl2N2O2/c1-20(2)28(34-29(36)24-9-5-7-22(17-24)23-8-6-10-26(33)18-23)30(37)35-16-15-27(31(3,4)19-35)21-11-13-25(32)14-12-21/h5-14,17-18,20,27-28H,15-16,19H2,1-4H3,(H,34,36)/t27-,28-/m1/s1. The molecule has 2 atom stereocenters. The molecule has 4 nitrogen and oxygen atoms in total. The number of rotatable bonds is 6. The molecule has 1 aliphatic heterocycles. The summed E-state index contributed by atoms with van der Waals surface area (Å²) in [5.41, 5.74) is 3.48. The molecular weight excluding hydrogens is 503 g/mol. The van der Waals surface area contributed by atoms with Crippen molar-refractivity contribution >= 4 is 35.0 Å². The molecule has 0 spiro atoms. The van der Waals surface area contributed by atoms with Crippen molar-refractivity contribution in [2.45, 2.75) is 46.1 Å². The fourth-order valence-electron chi connectivity index (χ4n) is 5.30. The zero-order chi connectivity index (χ0) is 26.7. The van der Waals surface area contributed by atoms with Crippen molar-refractivity contribution < 1.29 is 9.59 Å². The Morgan fingerprint density at radius 2 is 1.57 bits per heavy atom. The van der Waals surface area contributed by atoms with Crippen LogP contribution in [0, 0.1) is 11.3 Å². The first-order valence-corrected chi connectivity index (χ1v) is 13.5. The van der Waals surface area contributed by atoms with Gasteiger partial charge < -0.3 is 10.2 Å². The summed E-state index contributed by atoms with van der Waals surface area (Å²) in [5.74, 6) is -0.0111. The number of hydrogen-bond donors (Lipinski definition) is 1. The number of nitrogens with zero attached hydrogens (tertiary/aromatic N) is 1. The fraction of sp³-hybridized carbons (Fsp3) is 0.355. The maximum absolute atomic E-state index is 13.7. The normalized spacial score (nSPS) is 17.9. The number of piperidine rings is 1. The molecule has 0 unspecified atom stereocenters. The van der Waals surface area contributed by atoms with Gasteiger partial charge in [0, 0.05) is 28.7 Å². The van der Waals surface area contributed by atoms with Gasteiger partial charge in [-0.3, -0.25) is 9.59 Å². The molecule has 0 radical (unpaired) electrons. The lowest BCUT2D eigenvalue weighted by Gasteiger charge is -2.45. The van der Waals surface area contributed by atoms with Gasteiger partial charge in [0.05, 0.1) is 0 Å². The van der Waals surface area contributed by atoms with Crippen LogP contribution in [0.5, 0.6) is 0 Å². The number of nitrogens with one attached hydrogen (secondary N) is 1. The zero-order valence-corrected chi connectivity index (χ0v) is 23.3. The van der Waals surface area contributed by atoms with Gasteiger partial charge in [0.1, 0.15) is 6.04 Å². The van der Waals surface area contributed by atoms with Crippen LogP contribution in [0.15, 0.2) is 72.8 Å². The Kier molecular flexibility index (Phi) is 8.30. The topological polar surface area (TPSA) is 49.4 Å². The highest BCUT2D eigenvalue weighted by molar-refractivity contribution is 6.31. The third-order valence-electron chi connectivity index (χ3n) is 7.32. The van der Waals surface area contributed by atoms with Crippen molar-refractivity contribution in [3.05, 3.63) is 94.0 Å². The molecule has 6 heteroatoms. The summed E-state index contributed by atoms with van der Waals surface area (Å²) in [7, 11) is 0. The van der Waals surface area contributed by atoms with E-state index in [4.69, 9.17) is 23.2 Å². The minimum absolute atomic E-state index is 0.0306. The van der Waals surface area contributed by atoms with Gasteiger partial charge in [-0.15, -0.1) is 0 Å². The van der Waals surface area contributed by atoms with Gasteiger partial charge >= 0.3 is 0 Å². The van der Waals surface area contributed by atoms with E-state index in [9.17, 15) is 9.59 Å². The van der Waals surface area contributed by atoms with Gasteiger partial charge in [0.25, 0.3) is 5.91 Å². The number of halogens is 2. The van der Waals surface area contributed by atoms with Gasteiger partial charge in [-0.05, 0) is 76.8 Å². The Morgan fingerprint density at radius 1 is 0.919 bits per heavy atom. The second kappa shape index (κ2) is 11.3. The predicted octanol–water partition coefficient (Wildman–Crippen LogP) is 7.46. The van der Waals surface area contributed by atoms with E-state index in [1.165, 1.54) is 5.56 Å². The highest BCUT2D eigenvalue weighted by Gasteiger charge is 2.40. The Hall–Kier alpha value is -2.82. The molecule has 3 aromatic rings.